The summed E-state index contributed by atoms with van der Waals surface area (Å²) in [6.45, 7) is 2.31. The van der Waals surface area contributed by atoms with E-state index in [9.17, 15) is 4.79 Å². The van der Waals surface area contributed by atoms with E-state index in [1.165, 1.54) is 0 Å². The summed E-state index contributed by atoms with van der Waals surface area (Å²) in [6.07, 6.45) is 8.67. The van der Waals surface area contributed by atoms with Gasteiger partial charge in [0.2, 0.25) is 0 Å². The highest BCUT2D eigenvalue weighted by Gasteiger charge is 2.06. The van der Waals surface area contributed by atoms with Crippen LogP contribution in [0.3, 0.4) is 0 Å². The van der Waals surface area contributed by atoms with Crippen molar-refractivity contribution in [3.63, 3.8) is 0 Å². The molecular formula is C13H17N3OS. The van der Waals surface area contributed by atoms with E-state index >= 15 is 0 Å². The van der Waals surface area contributed by atoms with Crippen molar-refractivity contribution in [3.05, 3.63) is 23.9 Å². The molecule has 1 aromatic heterocycles. The van der Waals surface area contributed by atoms with Gasteiger partial charge in [-0.2, -0.15) is 11.8 Å². The van der Waals surface area contributed by atoms with Crippen LogP contribution in [-0.2, 0) is 0 Å². The molecule has 0 spiro atoms. The number of carbonyl (C=O) groups is 1. The first-order chi connectivity index (χ1) is 8.67. The van der Waals surface area contributed by atoms with Gasteiger partial charge in [-0.1, -0.05) is 5.92 Å². The van der Waals surface area contributed by atoms with Crippen molar-refractivity contribution in [1.82, 2.24) is 10.3 Å². The van der Waals surface area contributed by atoms with Gasteiger partial charge >= 0.3 is 0 Å². The number of hydrogen-bond donors (Lipinski definition) is 2. The lowest BCUT2D eigenvalue weighted by Gasteiger charge is -2.13. The molecule has 0 saturated carbocycles. The summed E-state index contributed by atoms with van der Waals surface area (Å²) >= 11 is 1.77. The highest BCUT2D eigenvalue weighted by Crippen LogP contribution is 2.08. The molecule has 4 nitrogen and oxygen atoms in total. The lowest BCUT2D eigenvalue weighted by Crippen LogP contribution is -2.24. The Bertz CT molecular complexity index is 425. The first kappa shape index (κ1) is 14.4. The molecule has 1 atom stereocenters. The fourth-order valence-electron chi connectivity index (χ4n) is 1.39. The summed E-state index contributed by atoms with van der Waals surface area (Å²) in [5.41, 5.74) is 0.508. The SMILES string of the molecule is C#CCNC(=O)c1ccc(NC(C)CSC)nc1. The van der Waals surface area contributed by atoms with Crippen molar-refractivity contribution in [2.45, 2.75) is 13.0 Å². The highest BCUT2D eigenvalue weighted by molar-refractivity contribution is 7.98. The van der Waals surface area contributed by atoms with E-state index in [0.29, 0.717) is 11.6 Å². The summed E-state index contributed by atoms with van der Waals surface area (Å²) in [5, 5.41) is 5.85. The predicted octanol–water partition coefficient (Wildman–Crippen LogP) is 1.61. The average Bonchev–Trinajstić information content (AvgIpc) is 2.37. The second-order valence-corrected chi connectivity index (χ2v) is 4.73. The number of nitrogens with one attached hydrogen (secondary N) is 2. The minimum atomic E-state index is -0.204. The predicted molar refractivity (Wildman–Crippen MR) is 76.9 cm³/mol. The number of terminal acetylenes is 1. The molecule has 0 radical (unpaired) electrons. The molecule has 2 N–H and O–H groups in total. The molecule has 1 unspecified atom stereocenters. The third kappa shape index (κ3) is 4.68. The molecule has 96 valence electrons. The number of anilines is 1. The summed E-state index contributed by atoms with van der Waals surface area (Å²) in [6, 6.07) is 3.86. The lowest BCUT2D eigenvalue weighted by atomic mass is 10.2. The Hall–Kier alpha value is -1.67. The third-order valence-corrected chi connectivity index (χ3v) is 3.02. The van der Waals surface area contributed by atoms with Crippen LogP contribution in [0.5, 0.6) is 0 Å². The van der Waals surface area contributed by atoms with Crippen LogP contribution in [-0.4, -0.2) is 35.5 Å². The van der Waals surface area contributed by atoms with Gasteiger partial charge in [-0.25, -0.2) is 4.98 Å². The topological polar surface area (TPSA) is 54.0 Å². The van der Waals surface area contributed by atoms with Gasteiger partial charge in [0.15, 0.2) is 0 Å². The molecule has 5 heteroatoms. The van der Waals surface area contributed by atoms with Crippen molar-refractivity contribution in [2.24, 2.45) is 0 Å². The quantitative estimate of drug-likeness (QED) is 0.766. The van der Waals surface area contributed by atoms with Crippen molar-refractivity contribution in [1.29, 1.82) is 0 Å². The van der Waals surface area contributed by atoms with E-state index in [0.717, 1.165) is 11.6 Å². The molecular weight excluding hydrogens is 246 g/mol. The van der Waals surface area contributed by atoms with Gasteiger partial charge in [-0.05, 0) is 25.3 Å². The number of pyridine rings is 1. The van der Waals surface area contributed by atoms with Crippen LogP contribution in [0.2, 0.25) is 0 Å². The zero-order chi connectivity index (χ0) is 13.4. The van der Waals surface area contributed by atoms with E-state index in [1.807, 2.05) is 0 Å². The largest absolute Gasteiger partial charge is 0.367 e. The summed E-state index contributed by atoms with van der Waals surface area (Å²) in [7, 11) is 0. The van der Waals surface area contributed by atoms with Crippen LogP contribution in [0.4, 0.5) is 5.82 Å². The fourth-order valence-corrected chi connectivity index (χ4v) is 1.97. The van der Waals surface area contributed by atoms with Gasteiger partial charge in [0.1, 0.15) is 5.82 Å². The number of nitrogens with zero attached hydrogens (tertiary/aromatic N) is 1. The van der Waals surface area contributed by atoms with Crippen molar-refractivity contribution in [2.75, 3.05) is 23.9 Å². The van der Waals surface area contributed by atoms with E-state index in [1.54, 1.807) is 30.1 Å². The maximum atomic E-state index is 11.6. The third-order valence-electron chi connectivity index (χ3n) is 2.19. The maximum Gasteiger partial charge on any atom is 0.253 e. The minimum absolute atomic E-state index is 0.204. The van der Waals surface area contributed by atoms with Crippen LogP contribution in [0.25, 0.3) is 0 Å². The normalized spacial score (nSPS) is 11.4. The Balaban J connectivity index is 2.57. The first-order valence-electron chi connectivity index (χ1n) is 5.60. The molecule has 18 heavy (non-hydrogen) atoms. The number of amides is 1. The van der Waals surface area contributed by atoms with E-state index in [2.05, 4.69) is 34.7 Å². The molecule has 0 bridgehead atoms. The standard InChI is InChI=1S/C13H17N3OS/c1-4-7-14-13(17)11-5-6-12(15-8-11)16-10(2)9-18-3/h1,5-6,8,10H,7,9H2,2-3H3,(H,14,17)(H,15,16). The minimum Gasteiger partial charge on any atom is -0.367 e. The first-order valence-corrected chi connectivity index (χ1v) is 7.00. The fraction of sp³-hybridized carbons (Fsp3) is 0.385. The summed E-state index contributed by atoms with van der Waals surface area (Å²) in [4.78, 5) is 15.8. The van der Waals surface area contributed by atoms with Crippen molar-refractivity contribution < 1.29 is 4.79 Å². The molecule has 0 aromatic carbocycles. The second-order valence-electron chi connectivity index (χ2n) is 3.82. The lowest BCUT2D eigenvalue weighted by molar-refractivity contribution is 0.0958. The maximum absolute atomic E-state index is 11.6. The molecule has 0 fully saturated rings. The average molecular weight is 263 g/mol. The van der Waals surface area contributed by atoms with Crippen molar-refractivity contribution in [3.8, 4) is 12.3 Å². The Kier molecular flexibility index (Phi) is 6.09. The smallest absolute Gasteiger partial charge is 0.253 e. The van der Waals surface area contributed by atoms with Gasteiger partial charge in [0.25, 0.3) is 5.91 Å². The second kappa shape index (κ2) is 7.62. The Morgan fingerprint density at radius 2 is 2.39 bits per heavy atom. The molecule has 1 heterocycles. The molecule has 0 aliphatic heterocycles. The van der Waals surface area contributed by atoms with Crippen LogP contribution in [0.1, 0.15) is 17.3 Å². The number of rotatable bonds is 6. The van der Waals surface area contributed by atoms with Gasteiger partial charge < -0.3 is 10.6 Å². The molecule has 1 rings (SSSR count). The number of carbonyl (C=O) groups excluding carboxylic acids is 1. The summed E-state index contributed by atoms with van der Waals surface area (Å²) in [5.74, 6) is 3.92. The van der Waals surface area contributed by atoms with Crippen LogP contribution < -0.4 is 10.6 Å². The molecule has 1 aromatic rings. The van der Waals surface area contributed by atoms with Crippen LogP contribution in [0, 0.1) is 12.3 Å². The number of aromatic nitrogens is 1. The number of thioether (sulfide) groups is 1. The highest BCUT2D eigenvalue weighted by atomic mass is 32.2. The number of hydrogen-bond acceptors (Lipinski definition) is 4. The Morgan fingerprint density at radius 3 is 2.94 bits per heavy atom. The molecule has 0 aliphatic rings. The Morgan fingerprint density at radius 1 is 1.61 bits per heavy atom. The van der Waals surface area contributed by atoms with E-state index in [4.69, 9.17) is 6.42 Å². The zero-order valence-corrected chi connectivity index (χ0v) is 11.4. The Labute approximate surface area is 112 Å². The van der Waals surface area contributed by atoms with Crippen LogP contribution >= 0.6 is 11.8 Å². The van der Waals surface area contributed by atoms with Gasteiger partial charge in [0, 0.05) is 18.0 Å². The van der Waals surface area contributed by atoms with Crippen LogP contribution in [0.15, 0.2) is 18.3 Å². The molecule has 0 saturated heterocycles. The van der Waals surface area contributed by atoms with E-state index in [-0.39, 0.29) is 12.5 Å². The van der Waals surface area contributed by atoms with E-state index < -0.39 is 0 Å². The summed E-state index contributed by atoms with van der Waals surface area (Å²) < 4.78 is 0. The molecule has 0 aliphatic carbocycles. The van der Waals surface area contributed by atoms with Gasteiger partial charge in [0.05, 0.1) is 12.1 Å². The van der Waals surface area contributed by atoms with Crippen molar-refractivity contribution >= 4 is 23.5 Å². The monoisotopic (exact) mass is 263 g/mol. The van der Waals surface area contributed by atoms with Gasteiger partial charge in [-0.15, -0.1) is 6.42 Å². The molecule has 1 amide bonds. The zero-order valence-electron chi connectivity index (χ0n) is 10.6. The van der Waals surface area contributed by atoms with Gasteiger partial charge in [-0.3, -0.25) is 4.79 Å².